The molecule has 28 heavy (non-hydrogen) atoms. The molecule has 5 nitrogen and oxygen atoms in total. The van der Waals surface area contributed by atoms with Crippen molar-refractivity contribution < 1.29 is 18.3 Å². The first-order chi connectivity index (χ1) is 13.5. The Bertz CT molecular complexity index is 1220. The van der Waals surface area contributed by atoms with Crippen molar-refractivity contribution in [1.29, 1.82) is 0 Å². The van der Waals surface area contributed by atoms with E-state index in [1.54, 1.807) is 0 Å². The summed E-state index contributed by atoms with van der Waals surface area (Å²) in [6.45, 7) is -0.420. The molecule has 1 N–H and O–H groups in total. The van der Waals surface area contributed by atoms with Crippen molar-refractivity contribution in [3.63, 3.8) is 0 Å². The van der Waals surface area contributed by atoms with E-state index >= 15 is 0 Å². The third kappa shape index (κ3) is 3.29. The lowest BCUT2D eigenvalue weighted by molar-refractivity contribution is 0.0451. The molecule has 140 valence electrons. The number of carbonyl (C=O) groups is 1. The highest BCUT2D eigenvalue weighted by Crippen LogP contribution is 2.30. The normalized spacial score (nSPS) is 10.9. The van der Waals surface area contributed by atoms with E-state index in [-0.39, 0.29) is 11.4 Å². The van der Waals surface area contributed by atoms with Gasteiger partial charge < -0.3 is 9.72 Å². The fourth-order valence-electron chi connectivity index (χ4n) is 2.79. The van der Waals surface area contributed by atoms with Crippen LogP contribution >= 0.6 is 11.3 Å². The van der Waals surface area contributed by atoms with Crippen molar-refractivity contribution in [2.45, 2.75) is 6.61 Å². The summed E-state index contributed by atoms with van der Waals surface area (Å²) in [6, 6.07) is 12.5. The van der Waals surface area contributed by atoms with E-state index in [2.05, 4.69) is 9.97 Å². The second-order valence-corrected chi connectivity index (χ2v) is 6.74. The lowest BCUT2D eigenvalue weighted by Crippen LogP contribution is -2.15. The molecule has 0 amide bonds. The molecule has 8 heteroatoms. The SMILES string of the molecule is O=C(OCc1nc2scc(-c3ccccc3)c2c(=O)[nH]1)c1c(F)cccc1F. The quantitative estimate of drug-likeness (QED) is 0.521. The molecule has 2 heterocycles. The van der Waals surface area contributed by atoms with Crippen LogP contribution in [-0.4, -0.2) is 15.9 Å². The Morgan fingerprint density at radius 2 is 1.79 bits per heavy atom. The largest absolute Gasteiger partial charge is 0.454 e. The van der Waals surface area contributed by atoms with Crippen molar-refractivity contribution in [3.05, 3.63) is 87.3 Å². The molecule has 0 aliphatic rings. The third-order valence-corrected chi connectivity index (χ3v) is 4.96. The van der Waals surface area contributed by atoms with Crippen LogP contribution in [0.2, 0.25) is 0 Å². The Morgan fingerprint density at radius 3 is 2.50 bits per heavy atom. The van der Waals surface area contributed by atoms with Gasteiger partial charge in [0.25, 0.3) is 5.56 Å². The van der Waals surface area contributed by atoms with E-state index in [0.29, 0.717) is 10.2 Å². The van der Waals surface area contributed by atoms with Gasteiger partial charge in [0.2, 0.25) is 0 Å². The minimum absolute atomic E-state index is 0.0871. The topological polar surface area (TPSA) is 72.0 Å². The summed E-state index contributed by atoms with van der Waals surface area (Å²) in [4.78, 5) is 31.8. The first-order valence-electron chi connectivity index (χ1n) is 8.21. The minimum atomic E-state index is -1.17. The molecule has 0 saturated heterocycles. The number of fused-ring (bicyclic) bond motifs is 1. The zero-order valence-corrected chi connectivity index (χ0v) is 15.1. The van der Waals surface area contributed by atoms with E-state index in [1.807, 2.05) is 35.7 Å². The van der Waals surface area contributed by atoms with Crippen LogP contribution in [-0.2, 0) is 11.3 Å². The van der Waals surface area contributed by atoms with Crippen LogP contribution in [0.1, 0.15) is 16.2 Å². The third-order valence-electron chi connectivity index (χ3n) is 4.08. The van der Waals surface area contributed by atoms with Gasteiger partial charge in [-0.15, -0.1) is 11.3 Å². The van der Waals surface area contributed by atoms with Crippen LogP contribution in [0.5, 0.6) is 0 Å². The highest BCUT2D eigenvalue weighted by atomic mass is 32.1. The predicted molar refractivity (Wildman–Crippen MR) is 101 cm³/mol. The van der Waals surface area contributed by atoms with Gasteiger partial charge in [-0.2, -0.15) is 0 Å². The van der Waals surface area contributed by atoms with Gasteiger partial charge in [-0.1, -0.05) is 36.4 Å². The Labute approximate surface area is 161 Å². The molecule has 4 aromatic rings. The van der Waals surface area contributed by atoms with Crippen molar-refractivity contribution in [1.82, 2.24) is 9.97 Å². The second kappa shape index (κ2) is 7.32. The molecule has 2 aromatic heterocycles. The maximum atomic E-state index is 13.7. The number of thiophene rings is 1. The van der Waals surface area contributed by atoms with Gasteiger partial charge in [0, 0.05) is 10.9 Å². The van der Waals surface area contributed by atoms with E-state index in [9.17, 15) is 18.4 Å². The minimum Gasteiger partial charge on any atom is -0.454 e. The van der Waals surface area contributed by atoms with Crippen molar-refractivity contribution >= 4 is 27.5 Å². The zero-order chi connectivity index (χ0) is 19.7. The molecule has 0 unspecified atom stereocenters. The number of aromatic amines is 1. The van der Waals surface area contributed by atoms with Crippen LogP contribution in [0.25, 0.3) is 21.3 Å². The summed E-state index contributed by atoms with van der Waals surface area (Å²) < 4.78 is 32.2. The number of halogens is 2. The van der Waals surface area contributed by atoms with Gasteiger partial charge in [0.15, 0.2) is 0 Å². The van der Waals surface area contributed by atoms with Gasteiger partial charge in [0.05, 0.1) is 5.39 Å². The molecule has 0 saturated carbocycles. The van der Waals surface area contributed by atoms with Gasteiger partial charge in [0.1, 0.15) is 34.5 Å². The standard InChI is InChI=1S/C20H12F2N2O3S/c21-13-7-4-8-14(22)17(13)20(26)27-9-15-23-18(25)16-12(10-28-19(16)24-15)11-5-2-1-3-6-11/h1-8,10H,9H2,(H,23,24,25). The predicted octanol–water partition coefficient (Wildman–Crippen LogP) is 4.29. The first-order valence-corrected chi connectivity index (χ1v) is 9.09. The van der Waals surface area contributed by atoms with Gasteiger partial charge in [-0.25, -0.2) is 18.6 Å². The molecule has 0 aliphatic heterocycles. The van der Waals surface area contributed by atoms with Crippen LogP contribution in [0.4, 0.5) is 8.78 Å². The van der Waals surface area contributed by atoms with Crippen molar-refractivity contribution in [2.24, 2.45) is 0 Å². The molecule has 0 radical (unpaired) electrons. The van der Waals surface area contributed by atoms with Crippen LogP contribution in [0, 0.1) is 11.6 Å². The first kappa shape index (κ1) is 18.0. The number of carbonyl (C=O) groups excluding carboxylic acids is 1. The summed E-state index contributed by atoms with van der Waals surface area (Å²) in [5.74, 6) is -3.13. The molecule has 2 aromatic carbocycles. The zero-order valence-electron chi connectivity index (χ0n) is 14.2. The van der Waals surface area contributed by atoms with Crippen LogP contribution < -0.4 is 5.56 Å². The summed E-state index contributed by atoms with van der Waals surface area (Å²) >= 11 is 1.28. The number of rotatable bonds is 4. The summed E-state index contributed by atoms with van der Waals surface area (Å²) in [7, 11) is 0. The number of hydrogen-bond donors (Lipinski definition) is 1. The van der Waals surface area contributed by atoms with Gasteiger partial charge >= 0.3 is 5.97 Å². The summed E-state index contributed by atoms with van der Waals surface area (Å²) in [5.41, 5.74) is 0.475. The molecule has 0 fully saturated rings. The summed E-state index contributed by atoms with van der Waals surface area (Å²) in [6.07, 6.45) is 0. The maximum absolute atomic E-state index is 13.7. The number of hydrogen-bond acceptors (Lipinski definition) is 5. The Morgan fingerprint density at radius 1 is 1.07 bits per heavy atom. The van der Waals surface area contributed by atoms with E-state index in [1.165, 1.54) is 11.3 Å². The molecule has 0 aliphatic carbocycles. The van der Waals surface area contributed by atoms with Gasteiger partial charge in [-0.05, 0) is 17.7 Å². The fourth-order valence-corrected chi connectivity index (χ4v) is 3.76. The highest BCUT2D eigenvalue weighted by Gasteiger charge is 2.19. The maximum Gasteiger partial charge on any atom is 0.344 e. The average molecular weight is 398 g/mol. The molecular weight excluding hydrogens is 386 g/mol. The van der Waals surface area contributed by atoms with Crippen LogP contribution in [0.15, 0.2) is 58.7 Å². The monoisotopic (exact) mass is 398 g/mol. The lowest BCUT2D eigenvalue weighted by Gasteiger charge is -2.06. The van der Waals surface area contributed by atoms with Crippen molar-refractivity contribution in [3.8, 4) is 11.1 Å². The van der Waals surface area contributed by atoms with Crippen LogP contribution in [0.3, 0.4) is 0 Å². The number of esters is 1. The van der Waals surface area contributed by atoms with E-state index < -0.39 is 29.8 Å². The number of benzene rings is 2. The van der Waals surface area contributed by atoms with E-state index in [0.717, 1.165) is 29.3 Å². The number of ether oxygens (including phenoxy) is 1. The number of aromatic nitrogens is 2. The smallest absolute Gasteiger partial charge is 0.344 e. The molecule has 0 bridgehead atoms. The fraction of sp³-hybridized carbons (Fsp3) is 0.0500. The average Bonchev–Trinajstić information content (AvgIpc) is 3.11. The van der Waals surface area contributed by atoms with Crippen molar-refractivity contribution in [2.75, 3.05) is 0 Å². The Hall–Kier alpha value is -3.39. The Kier molecular flexibility index (Phi) is 4.70. The highest BCUT2D eigenvalue weighted by molar-refractivity contribution is 7.17. The molecule has 0 spiro atoms. The lowest BCUT2D eigenvalue weighted by atomic mass is 10.1. The number of nitrogens with zero attached hydrogens (tertiary/aromatic N) is 1. The second-order valence-electron chi connectivity index (χ2n) is 5.88. The van der Waals surface area contributed by atoms with Gasteiger partial charge in [-0.3, -0.25) is 4.79 Å². The number of H-pyrrole nitrogens is 1. The Balaban J connectivity index is 1.61. The molecule has 0 atom stereocenters. The summed E-state index contributed by atoms with van der Waals surface area (Å²) in [5, 5.41) is 2.26. The molecular formula is C20H12F2N2O3S. The number of nitrogens with one attached hydrogen (secondary N) is 1. The van der Waals surface area contributed by atoms with E-state index in [4.69, 9.17) is 4.74 Å². The molecule has 4 rings (SSSR count).